The predicted octanol–water partition coefficient (Wildman–Crippen LogP) is 4.26. The molecule has 0 aromatic heterocycles. The van der Waals surface area contributed by atoms with E-state index in [-0.39, 0.29) is 5.78 Å². The van der Waals surface area contributed by atoms with E-state index in [1.54, 1.807) is 19.1 Å². The number of ketones is 1. The normalized spacial score (nSPS) is 10.0. The molecule has 0 saturated heterocycles. The molecule has 108 valence electrons. The summed E-state index contributed by atoms with van der Waals surface area (Å²) in [5.74, 6) is 0.0360. The minimum Gasteiger partial charge on any atom is -0.332 e. The monoisotopic (exact) mass is 298 g/mol. The predicted molar refractivity (Wildman–Crippen MR) is 92.1 cm³/mol. The number of Topliss-reactive ketones (excluding diaryl/α,β-unsaturated/α-hetero) is 1. The molecule has 0 spiro atoms. The van der Waals surface area contributed by atoms with Crippen LogP contribution in [0.15, 0.2) is 48.5 Å². The SMILES string of the molecule is CCc1ccccc1NC(=S)Nc1cccc(C(C)=O)c1. The van der Waals surface area contributed by atoms with Gasteiger partial charge in [-0.15, -0.1) is 0 Å². The Hall–Kier alpha value is -2.20. The van der Waals surface area contributed by atoms with E-state index < -0.39 is 0 Å². The third kappa shape index (κ3) is 4.13. The summed E-state index contributed by atoms with van der Waals surface area (Å²) >= 11 is 5.33. The number of para-hydroxylation sites is 1. The molecule has 0 amide bonds. The van der Waals surface area contributed by atoms with Crippen LogP contribution in [0.25, 0.3) is 0 Å². The third-order valence-electron chi connectivity index (χ3n) is 3.17. The molecule has 0 fully saturated rings. The van der Waals surface area contributed by atoms with Crippen molar-refractivity contribution in [2.45, 2.75) is 20.3 Å². The Bertz CT molecular complexity index is 667. The maximum atomic E-state index is 11.4. The summed E-state index contributed by atoms with van der Waals surface area (Å²) in [6.45, 7) is 3.65. The van der Waals surface area contributed by atoms with Gasteiger partial charge >= 0.3 is 0 Å². The van der Waals surface area contributed by atoms with Gasteiger partial charge in [0.2, 0.25) is 0 Å². The van der Waals surface area contributed by atoms with Gasteiger partial charge in [0.05, 0.1) is 0 Å². The second kappa shape index (κ2) is 6.99. The number of thiocarbonyl (C=S) groups is 1. The highest BCUT2D eigenvalue weighted by atomic mass is 32.1. The molecule has 0 heterocycles. The fourth-order valence-electron chi connectivity index (χ4n) is 2.05. The average Bonchev–Trinajstić information content (AvgIpc) is 2.48. The number of nitrogens with one attached hydrogen (secondary N) is 2. The molecule has 0 aliphatic heterocycles. The molecule has 2 N–H and O–H groups in total. The molecule has 3 nitrogen and oxygen atoms in total. The Balaban J connectivity index is 2.08. The molecule has 21 heavy (non-hydrogen) atoms. The first-order valence-corrected chi connectivity index (χ1v) is 7.28. The van der Waals surface area contributed by atoms with E-state index in [1.165, 1.54) is 5.56 Å². The van der Waals surface area contributed by atoms with Crippen LogP contribution in [-0.4, -0.2) is 10.9 Å². The smallest absolute Gasteiger partial charge is 0.175 e. The van der Waals surface area contributed by atoms with E-state index in [2.05, 4.69) is 23.6 Å². The Morgan fingerprint density at radius 2 is 1.86 bits per heavy atom. The van der Waals surface area contributed by atoms with Gasteiger partial charge in [-0.3, -0.25) is 4.79 Å². The van der Waals surface area contributed by atoms with Crippen LogP contribution >= 0.6 is 12.2 Å². The minimum absolute atomic E-state index is 0.0360. The lowest BCUT2D eigenvalue weighted by molar-refractivity contribution is 0.101. The number of aryl methyl sites for hydroxylation is 1. The van der Waals surface area contributed by atoms with Gasteiger partial charge < -0.3 is 10.6 Å². The molecule has 2 rings (SSSR count). The number of carbonyl (C=O) groups is 1. The lowest BCUT2D eigenvalue weighted by Gasteiger charge is -2.13. The van der Waals surface area contributed by atoms with Crippen molar-refractivity contribution in [2.75, 3.05) is 10.6 Å². The molecule has 0 saturated carbocycles. The second-order valence-electron chi connectivity index (χ2n) is 4.73. The van der Waals surface area contributed by atoms with Gasteiger partial charge in [-0.05, 0) is 49.3 Å². The fourth-order valence-corrected chi connectivity index (χ4v) is 2.28. The molecular weight excluding hydrogens is 280 g/mol. The molecule has 2 aromatic rings. The largest absolute Gasteiger partial charge is 0.332 e. The van der Waals surface area contributed by atoms with E-state index >= 15 is 0 Å². The summed E-state index contributed by atoms with van der Waals surface area (Å²) in [7, 11) is 0. The van der Waals surface area contributed by atoms with Crippen molar-refractivity contribution >= 4 is 34.5 Å². The van der Waals surface area contributed by atoms with Crippen molar-refractivity contribution in [2.24, 2.45) is 0 Å². The Morgan fingerprint density at radius 1 is 1.10 bits per heavy atom. The van der Waals surface area contributed by atoms with Crippen molar-refractivity contribution in [3.63, 3.8) is 0 Å². The number of benzene rings is 2. The average molecular weight is 298 g/mol. The van der Waals surface area contributed by atoms with Gasteiger partial charge in [-0.2, -0.15) is 0 Å². The minimum atomic E-state index is 0.0360. The molecule has 0 aliphatic rings. The highest BCUT2D eigenvalue weighted by molar-refractivity contribution is 7.80. The van der Waals surface area contributed by atoms with Crippen LogP contribution in [0.2, 0.25) is 0 Å². The molecule has 0 bridgehead atoms. The summed E-state index contributed by atoms with van der Waals surface area (Å²) in [6, 6.07) is 15.4. The first kappa shape index (κ1) is 15.2. The fraction of sp³-hybridized carbons (Fsp3) is 0.176. The van der Waals surface area contributed by atoms with E-state index in [4.69, 9.17) is 12.2 Å². The molecule has 0 atom stereocenters. The van der Waals surface area contributed by atoms with Crippen molar-refractivity contribution in [3.8, 4) is 0 Å². The van der Waals surface area contributed by atoms with Gasteiger partial charge in [-0.25, -0.2) is 0 Å². The van der Waals surface area contributed by atoms with Crippen LogP contribution in [0, 0.1) is 0 Å². The van der Waals surface area contributed by atoms with Gasteiger partial charge in [-0.1, -0.05) is 37.3 Å². The standard InChI is InChI=1S/C17H18N2OS/c1-3-13-7-4-5-10-16(13)19-17(21)18-15-9-6-8-14(11-15)12(2)20/h4-11H,3H2,1-2H3,(H2,18,19,21). The summed E-state index contributed by atoms with van der Waals surface area (Å²) in [5, 5.41) is 6.81. The van der Waals surface area contributed by atoms with Crippen molar-refractivity contribution < 1.29 is 4.79 Å². The summed E-state index contributed by atoms with van der Waals surface area (Å²) in [5.41, 5.74) is 3.67. The van der Waals surface area contributed by atoms with Gasteiger partial charge in [0.15, 0.2) is 10.9 Å². The van der Waals surface area contributed by atoms with E-state index in [0.717, 1.165) is 17.8 Å². The van der Waals surface area contributed by atoms with Crippen LogP contribution in [0.1, 0.15) is 29.8 Å². The number of carbonyl (C=O) groups excluding carboxylic acids is 1. The maximum Gasteiger partial charge on any atom is 0.175 e. The van der Waals surface area contributed by atoms with E-state index in [1.807, 2.05) is 30.3 Å². The van der Waals surface area contributed by atoms with Crippen molar-refractivity contribution in [1.29, 1.82) is 0 Å². The molecule has 4 heteroatoms. The zero-order valence-electron chi connectivity index (χ0n) is 12.1. The van der Waals surface area contributed by atoms with Crippen molar-refractivity contribution in [3.05, 3.63) is 59.7 Å². The molecule has 0 radical (unpaired) electrons. The van der Waals surface area contributed by atoms with E-state index in [0.29, 0.717) is 10.7 Å². The van der Waals surface area contributed by atoms with Crippen LogP contribution in [0.3, 0.4) is 0 Å². The first-order chi connectivity index (χ1) is 10.1. The number of rotatable bonds is 4. The van der Waals surface area contributed by atoms with Crippen LogP contribution in [-0.2, 0) is 6.42 Å². The van der Waals surface area contributed by atoms with Crippen LogP contribution in [0.5, 0.6) is 0 Å². The zero-order chi connectivity index (χ0) is 15.2. The summed E-state index contributed by atoms with van der Waals surface area (Å²) in [4.78, 5) is 11.4. The third-order valence-corrected chi connectivity index (χ3v) is 3.38. The zero-order valence-corrected chi connectivity index (χ0v) is 13.0. The molecule has 2 aromatic carbocycles. The Kier molecular flexibility index (Phi) is 5.06. The lowest BCUT2D eigenvalue weighted by Crippen LogP contribution is -2.20. The van der Waals surface area contributed by atoms with Crippen LogP contribution in [0.4, 0.5) is 11.4 Å². The maximum absolute atomic E-state index is 11.4. The first-order valence-electron chi connectivity index (χ1n) is 6.87. The number of anilines is 2. The Morgan fingerprint density at radius 3 is 2.57 bits per heavy atom. The van der Waals surface area contributed by atoms with Gasteiger partial charge in [0.25, 0.3) is 0 Å². The molecular formula is C17H18N2OS. The van der Waals surface area contributed by atoms with Crippen molar-refractivity contribution in [1.82, 2.24) is 0 Å². The topological polar surface area (TPSA) is 41.1 Å². The molecule has 0 unspecified atom stereocenters. The van der Waals surface area contributed by atoms with E-state index in [9.17, 15) is 4.79 Å². The lowest BCUT2D eigenvalue weighted by atomic mass is 10.1. The Labute approximate surface area is 130 Å². The summed E-state index contributed by atoms with van der Waals surface area (Å²) in [6.07, 6.45) is 0.936. The quantitative estimate of drug-likeness (QED) is 0.653. The van der Waals surface area contributed by atoms with Crippen LogP contribution < -0.4 is 10.6 Å². The number of hydrogen-bond acceptors (Lipinski definition) is 2. The highest BCUT2D eigenvalue weighted by Crippen LogP contribution is 2.17. The highest BCUT2D eigenvalue weighted by Gasteiger charge is 2.04. The van der Waals surface area contributed by atoms with Gasteiger partial charge in [0.1, 0.15) is 0 Å². The second-order valence-corrected chi connectivity index (χ2v) is 5.14. The van der Waals surface area contributed by atoms with Gasteiger partial charge in [0, 0.05) is 16.9 Å². The number of hydrogen-bond donors (Lipinski definition) is 2. The summed E-state index contributed by atoms with van der Waals surface area (Å²) < 4.78 is 0. The molecule has 0 aliphatic carbocycles.